The summed E-state index contributed by atoms with van der Waals surface area (Å²) in [5.41, 5.74) is 3.01. The Hall–Kier alpha value is -2.16. The van der Waals surface area contributed by atoms with Crippen LogP contribution in [0.3, 0.4) is 0 Å². The molecule has 0 bridgehead atoms. The Morgan fingerprint density at radius 1 is 1.20 bits per heavy atom. The monoisotopic (exact) mass is 266 g/mol. The number of nitrogens with one attached hydrogen (secondary N) is 1. The van der Waals surface area contributed by atoms with Gasteiger partial charge in [-0.2, -0.15) is 0 Å². The van der Waals surface area contributed by atoms with Crippen LogP contribution in [0, 0.1) is 5.41 Å². The lowest BCUT2D eigenvalue weighted by Crippen LogP contribution is -2.24. The van der Waals surface area contributed by atoms with Crippen LogP contribution in [0.1, 0.15) is 26.7 Å². The van der Waals surface area contributed by atoms with Crippen molar-refractivity contribution in [2.75, 3.05) is 5.32 Å². The number of fused-ring (bicyclic) bond motifs is 1. The largest absolute Gasteiger partial charge is 0.359 e. The minimum atomic E-state index is 0.0343. The third-order valence-corrected chi connectivity index (χ3v) is 3.56. The van der Waals surface area contributed by atoms with Crippen LogP contribution in [-0.4, -0.2) is 10.8 Å². The highest BCUT2D eigenvalue weighted by molar-refractivity contribution is 5.92. The molecule has 0 atom stereocenters. The molecule has 0 fully saturated rings. The SMILES string of the molecule is CC1(C)CC(=O)C=C(Nc2ccc3ncccc3c2)C1. The van der Waals surface area contributed by atoms with Crippen LogP contribution in [0.4, 0.5) is 5.69 Å². The number of ketones is 1. The fourth-order valence-electron chi connectivity index (χ4n) is 2.77. The topological polar surface area (TPSA) is 42.0 Å². The van der Waals surface area contributed by atoms with Gasteiger partial charge in [-0.25, -0.2) is 0 Å². The zero-order chi connectivity index (χ0) is 14.2. The van der Waals surface area contributed by atoms with E-state index in [9.17, 15) is 4.79 Å². The van der Waals surface area contributed by atoms with Gasteiger partial charge in [0.1, 0.15) is 0 Å². The van der Waals surface area contributed by atoms with Crippen molar-refractivity contribution in [3.63, 3.8) is 0 Å². The minimum absolute atomic E-state index is 0.0343. The third-order valence-electron chi connectivity index (χ3n) is 3.56. The van der Waals surface area contributed by atoms with E-state index in [1.54, 1.807) is 12.3 Å². The first kappa shape index (κ1) is 12.9. The van der Waals surface area contributed by atoms with Crippen LogP contribution < -0.4 is 5.32 Å². The van der Waals surface area contributed by atoms with E-state index in [2.05, 4.69) is 30.2 Å². The number of allylic oxidation sites excluding steroid dienone is 2. The highest BCUT2D eigenvalue weighted by atomic mass is 16.1. The number of pyridine rings is 1. The molecule has 0 saturated carbocycles. The van der Waals surface area contributed by atoms with Crippen molar-refractivity contribution >= 4 is 22.4 Å². The fourth-order valence-corrected chi connectivity index (χ4v) is 2.77. The molecule has 1 aromatic heterocycles. The van der Waals surface area contributed by atoms with Gasteiger partial charge in [0.2, 0.25) is 0 Å². The Labute approximate surface area is 118 Å². The average molecular weight is 266 g/mol. The van der Waals surface area contributed by atoms with E-state index in [1.165, 1.54) is 0 Å². The number of hydrogen-bond donors (Lipinski definition) is 1. The van der Waals surface area contributed by atoms with E-state index in [0.29, 0.717) is 6.42 Å². The summed E-state index contributed by atoms with van der Waals surface area (Å²) in [6, 6.07) is 10.0. The van der Waals surface area contributed by atoms with Crippen LogP contribution in [0.15, 0.2) is 48.3 Å². The molecule has 3 heteroatoms. The average Bonchev–Trinajstić information content (AvgIpc) is 2.36. The van der Waals surface area contributed by atoms with Gasteiger partial charge in [-0.05, 0) is 36.1 Å². The fraction of sp³-hybridized carbons (Fsp3) is 0.294. The molecule has 0 radical (unpaired) electrons. The predicted octanol–water partition coefficient (Wildman–Crippen LogP) is 3.92. The number of carbonyl (C=O) groups excluding carboxylic acids is 1. The van der Waals surface area contributed by atoms with Gasteiger partial charge in [0, 0.05) is 35.5 Å². The van der Waals surface area contributed by atoms with Gasteiger partial charge in [0.25, 0.3) is 0 Å². The number of carbonyl (C=O) groups is 1. The van der Waals surface area contributed by atoms with Crippen molar-refractivity contribution in [3.8, 4) is 0 Å². The van der Waals surface area contributed by atoms with E-state index in [-0.39, 0.29) is 11.2 Å². The molecule has 1 aromatic carbocycles. The van der Waals surface area contributed by atoms with Crippen molar-refractivity contribution < 1.29 is 4.79 Å². The van der Waals surface area contributed by atoms with E-state index in [1.807, 2.05) is 24.3 Å². The Kier molecular flexibility index (Phi) is 3.05. The van der Waals surface area contributed by atoms with Crippen LogP contribution in [0.2, 0.25) is 0 Å². The number of rotatable bonds is 2. The number of benzene rings is 1. The van der Waals surface area contributed by atoms with Gasteiger partial charge in [-0.1, -0.05) is 19.9 Å². The van der Waals surface area contributed by atoms with Crippen molar-refractivity contribution in [3.05, 3.63) is 48.3 Å². The van der Waals surface area contributed by atoms with Gasteiger partial charge >= 0.3 is 0 Å². The lowest BCUT2D eigenvalue weighted by molar-refractivity contribution is -0.117. The Bertz CT molecular complexity index is 701. The molecule has 2 aromatic rings. The highest BCUT2D eigenvalue weighted by Gasteiger charge is 2.27. The zero-order valence-corrected chi connectivity index (χ0v) is 11.8. The van der Waals surface area contributed by atoms with Crippen LogP contribution in [-0.2, 0) is 4.79 Å². The van der Waals surface area contributed by atoms with Gasteiger partial charge in [-0.15, -0.1) is 0 Å². The van der Waals surface area contributed by atoms with Crippen molar-refractivity contribution in [2.24, 2.45) is 5.41 Å². The maximum Gasteiger partial charge on any atom is 0.157 e. The molecule has 1 aliphatic carbocycles. The lowest BCUT2D eigenvalue weighted by atomic mass is 9.79. The molecule has 0 unspecified atom stereocenters. The number of nitrogens with zero attached hydrogens (tertiary/aromatic N) is 1. The molecule has 3 nitrogen and oxygen atoms in total. The Morgan fingerprint density at radius 3 is 2.85 bits per heavy atom. The molecule has 20 heavy (non-hydrogen) atoms. The standard InChI is InChI=1S/C17H18N2O/c1-17(2)10-14(9-15(20)11-17)19-13-5-6-16-12(8-13)4-3-7-18-16/h3-9,19H,10-11H2,1-2H3. The third kappa shape index (κ3) is 2.72. The summed E-state index contributed by atoms with van der Waals surface area (Å²) >= 11 is 0. The molecule has 3 rings (SSSR count). The molecular formula is C17H18N2O. The summed E-state index contributed by atoms with van der Waals surface area (Å²) in [4.78, 5) is 16.1. The van der Waals surface area contributed by atoms with Gasteiger partial charge in [0.15, 0.2) is 5.78 Å². The summed E-state index contributed by atoms with van der Waals surface area (Å²) in [6.07, 6.45) is 5.04. The summed E-state index contributed by atoms with van der Waals surface area (Å²) in [5.74, 6) is 0.200. The van der Waals surface area contributed by atoms with Crippen molar-refractivity contribution in [1.29, 1.82) is 0 Å². The number of hydrogen-bond acceptors (Lipinski definition) is 3. The van der Waals surface area contributed by atoms with Gasteiger partial charge < -0.3 is 5.32 Å². The molecule has 0 spiro atoms. The first-order chi connectivity index (χ1) is 9.52. The minimum Gasteiger partial charge on any atom is -0.359 e. The van der Waals surface area contributed by atoms with Crippen molar-refractivity contribution in [1.82, 2.24) is 4.98 Å². The second-order valence-corrected chi connectivity index (χ2v) is 6.19. The first-order valence-electron chi connectivity index (χ1n) is 6.87. The maximum atomic E-state index is 11.8. The quantitative estimate of drug-likeness (QED) is 0.895. The Balaban J connectivity index is 1.87. The van der Waals surface area contributed by atoms with E-state index in [0.717, 1.165) is 28.7 Å². The molecular weight excluding hydrogens is 248 g/mol. The van der Waals surface area contributed by atoms with Gasteiger partial charge in [0.05, 0.1) is 5.52 Å². The molecule has 0 aliphatic heterocycles. The molecule has 1 aliphatic rings. The summed E-state index contributed by atoms with van der Waals surface area (Å²) in [7, 11) is 0. The summed E-state index contributed by atoms with van der Waals surface area (Å²) in [6.45, 7) is 4.26. The van der Waals surface area contributed by atoms with E-state index in [4.69, 9.17) is 0 Å². The molecule has 1 heterocycles. The normalized spacial score (nSPS) is 17.9. The van der Waals surface area contributed by atoms with Crippen LogP contribution in [0.5, 0.6) is 0 Å². The summed E-state index contributed by atoms with van der Waals surface area (Å²) < 4.78 is 0. The molecule has 0 amide bonds. The summed E-state index contributed by atoms with van der Waals surface area (Å²) in [5, 5.41) is 4.47. The molecule has 0 saturated heterocycles. The maximum absolute atomic E-state index is 11.8. The number of aromatic nitrogens is 1. The lowest BCUT2D eigenvalue weighted by Gasteiger charge is -2.29. The highest BCUT2D eigenvalue weighted by Crippen LogP contribution is 2.34. The van der Waals surface area contributed by atoms with Crippen molar-refractivity contribution in [2.45, 2.75) is 26.7 Å². The zero-order valence-electron chi connectivity index (χ0n) is 11.8. The first-order valence-corrected chi connectivity index (χ1v) is 6.87. The number of anilines is 1. The molecule has 1 N–H and O–H groups in total. The van der Waals surface area contributed by atoms with Crippen LogP contribution >= 0.6 is 0 Å². The Morgan fingerprint density at radius 2 is 2.05 bits per heavy atom. The van der Waals surface area contributed by atoms with E-state index >= 15 is 0 Å². The predicted molar refractivity (Wildman–Crippen MR) is 81.5 cm³/mol. The second kappa shape index (κ2) is 4.75. The smallest absolute Gasteiger partial charge is 0.157 e. The van der Waals surface area contributed by atoms with E-state index < -0.39 is 0 Å². The van der Waals surface area contributed by atoms with Crippen LogP contribution in [0.25, 0.3) is 10.9 Å². The molecule has 102 valence electrons. The van der Waals surface area contributed by atoms with Gasteiger partial charge in [-0.3, -0.25) is 9.78 Å². The second-order valence-electron chi connectivity index (χ2n) is 6.19.